The summed E-state index contributed by atoms with van der Waals surface area (Å²) in [5.74, 6) is -5.66. The van der Waals surface area contributed by atoms with Crippen molar-refractivity contribution in [1.82, 2.24) is 47.1 Å². The van der Waals surface area contributed by atoms with Crippen LogP contribution in [0, 0.1) is 0 Å². The van der Waals surface area contributed by atoms with Crippen LogP contribution in [0.1, 0.15) is 69.9 Å². The van der Waals surface area contributed by atoms with Gasteiger partial charge in [0, 0.05) is 59.9 Å². The third-order valence-corrected chi connectivity index (χ3v) is 12.2. The first-order valence-corrected chi connectivity index (χ1v) is 23.0. The number of urea groups is 1. The zero-order valence-electron chi connectivity index (χ0n) is 38.5. The Morgan fingerprint density at radius 2 is 1.39 bits per heavy atom. The number of hydrogen-bond donors (Lipinski definition) is 12. The minimum atomic E-state index is -1.49. The molecule has 7 atom stereocenters. The number of rotatable bonds is 16. The summed E-state index contributed by atoms with van der Waals surface area (Å²) < 4.78 is 0. The van der Waals surface area contributed by atoms with Gasteiger partial charge in [0.25, 0.3) is 5.91 Å². The number of aliphatic carboxylic acids is 1. The Morgan fingerprint density at radius 1 is 0.768 bits per heavy atom. The number of nitrogens with one attached hydrogen (secondary N) is 8. The normalized spacial score (nSPS) is 24.0. The van der Waals surface area contributed by atoms with Crippen molar-refractivity contribution in [3.63, 3.8) is 0 Å². The van der Waals surface area contributed by atoms with Gasteiger partial charge in [-0.2, -0.15) is 0 Å². The van der Waals surface area contributed by atoms with E-state index in [1.54, 1.807) is 50.4 Å². The molecule has 15 N–H and O–H groups in total. The van der Waals surface area contributed by atoms with Crippen molar-refractivity contribution in [2.45, 2.75) is 114 Å². The van der Waals surface area contributed by atoms with E-state index in [2.05, 4.69) is 47.2 Å². The van der Waals surface area contributed by atoms with Crippen LogP contribution in [-0.4, -0.2) is 124 Å². The molecule has 1 saturated heterocycles. The Labute approximate surface area is 398 Å². The topological polar surface area (TPSA) is 350 Å². The van der Waals surface area contributed by atoms with Crippen molar-refractivity contribution in [3.05, 3.63) is 95.0 Å². The van der Waals surface area contributed by atoms with Gasteiger partial charge in [-0.3, -0.25) is 43.5 Å². The molecule has 2 aromatic carbocycles. The first kappa shape index (κ1) is 50.5. The third kappa shape index (κ3) is 12.8. The lowest BCUT2D eigenvalue weighted by molar-refractivity contribution is -0.138. The van der Waals surface area contributed by atoms with E-state index < -0.39 is 96.2 Å². The predicted molar refractivity (Wildman–Crippen MR) is 254 cm³/mol. The van der Waals surface area contributed by atoms with Crippen LogP contribution >= 0.6 is 0 Å². The van der Waals surface area contributed by atoms with Crippen LogP contribution in [0.15, 0.2) is 88.8 Å². The number of imide groups is 1. The maximum absolute atomic E-state index is 14.5. The lowest BCUT2D eigenvalue weighted by Crippen LogP contribution is -2.61. The highest BCUT2D eigenvalue weighted by Gasteiger charge is 2.45. The number of guanidine groups is 1. The number of carboxylic acids is 1. The standard InChI is InChI=1S/C47H61N13O9/c1-3-11-32-42(65)58-35(20-25-12-6-5-7-13-25)44(67)54-30(4-2)41(64)57-34(21-26-23-52-31-15-9-8-14-27(26)31)29(48)22-28-39(36(16-10-19-51-46(49)50)60-37(61)24-53-47(60)69)59-40(28)45(68)56-33(43(66)55-32)17-18-38(62)63/h5-9,12-15,22-23,30,32-36,40,52,59H,3-4,10-11,16-21,24,48H2,1-2H3,(H,53,69)(H,54,67)(H,55,66)(H,56,68)(H,57,64)(H,58,65)(H,62,63)(H4,49,50,51)/b29-22+/t30-,32-,33-,34-,35+,36-,40-/m0/s1. The molecule has 0 spiro atoms. The van der Waals surface area contributed by atoms with Crippen LogP contribution < -0.4 is 54.4 Å². The zero-order valence-corrected chi connectivity index (χ0v) is 38.5. The predicted octanol–water partition coefficient (Wildman–Crippen LogP) is -0.492. The van der Waals surface area contributed by atoms with Gasteiger partial charge in [-0.15, -0.1) is 0 Å². The smallest absolute Gasteiger partial charge is 0.325 e. The van der Waals surface area contributed by atoms with E-state index in [0.29, 0.717) is 12.0 Å². The van der Waals surface area contributed by atoms with Crippen LogP contribution in [0.5, 0.6) is 0 Å². The fourth-order valence-electron chi connectivity index (χ4n) is 8.60. The van der Waals surface area contributed by atoms with E-state index >= 15 is 0 Å². The molecule has 368 valence electrons. The molecule has 0 radical (unpaired) electrons. The number of aromatic nitrogens is 1. The summed E-state index contributed by atoms with van der Waals surface area (Å²) in [6.07, 6.45) is 3.46. The summed E-state index contributed by atoms with van der Waals surface area (Å²) in [7, 11) is 0. The molecule has 0 aliphatic carbocycles. The van der Waals surface area contributed by atoms with E-state index in [1.807, 2.05) is 24.3 Å². The minimum Gasteiger partial charge on any atom is -0.481 e. The first-order chi connectivity index (χ1) is 33.1. The van der Waals surface area contributed by atoms with E-state index in [-0.39, 0.29) is 81.0 Å². The third-order valence-electron chi connectivity index (χ3n) is 12.2. The van der Waals surface area contributed by atoms with E-state index in [4.69, 9.17) is 17.2 Å². The molecule has 69 heavy (non-hydrogen) atoms. The van der Waals surface area contributed by atoms with E-state index in [1.165, 1.54) is 6.08 Å². The van der Waals surface area contributed by atoms with Crippen molar-refractivity contribution in [2.24, 2.45) is 22.2 Å². The fraction of sp³-hybridized carbons (Fsp3) is 0.426. The van der Waals surface area contributed by atoms with Gasteiger partial charge in [0.05, 0.1) is 18.6 Å². The van der Waals surface area contributed by atoms with Crippen molar-refractivity contribution in [2.75, 3.05) is 13.1 Å². The Balaban J connectivity index is 1.49. The number of aromatic amines is 1. The highest BCUT2D eigenvalue weighted by Crippen LogP contribution is 2.32. The summed E-state index contributed by atoms with van der Waals surface area (Å²) in [5.41, 5.74) is 20.9. The lowest BCUT2D eigenvalue weighted by atomic mass is 9.87. The summed E-state index contributed by atoms with van der Waals surface area (Å²) in [4.78, 5) is 118. The first-order valence-electron chi connectivity index (χ1n) is 23.0. The van der Waals surface area contributed by atoms with Crippen LogP contribution in [0.3, 0.4) is 0 Å². The number of nitrogens with zero attached hydrogens (tertiary/aromatic N) is 2. The maximum Gasteiger partial charge on any atom is 0.325 e. The second-order valence-corrected chi connectivity index (χ2v) is 17.2. The van der Waals surface area contributed by atoms with Crippen molar-refractivity contribution in [1.29, 1.82) is 0 Å². The number of carbonyl (C=O) groups excluding carboxylic acids is 7. The second-order valence-electron chi connectivity index (χ2n) is 17.2. The largest absolute Gasteiger partial charge is 0.481 e. The molecule has 22 nitrogen and oxygen atoms in total. The lowest BCUT2D eigenvalue weighted by Gasteiger charge is -2.41. The van der Waals surface area contributed by atoms with Gasteiger partial charge in [-0.1, -0.05) is 68.8 Å². The van der Waals surface area contributed by atoms with Crippen LogP contribution in [-0.2, 0) is 46.4 Å². The monoisotopic (exact) mass is 951 g/mol. The van der Waals surface area contributed by atoms with Gasteiger partial charge >= 0.3 is 12.0 Å². The molecule has 0 saturated carbocycles. The molecule has 8 amide bonds. The molecule has 1 fully saturated rings. The maximum atomic E-state index is 14.5. The van der Waals surface area contributed by atoms with Crippen LogP contribution in [0.25, 0.3) is 10.9 Å². The molecule has 6 rings (SSSR count). The molecule has 0 bridgehead atoms. The SMILES string of the molecule is CCC[C@@H]1NC(=O)[C@H](CCC(=O)O)NC(=O)[C@H]2NC([C@H](CCCN=C(N)N)N3C(=O)CNC3=O)=C2/C=C(/N)[C@H](Cc2c[nH]c3ccccc23)NC(=O)[C@H](CC)NC(=O)[C@@H](Cc2ccccc2)NC1=O. The number of para-hydroxylation sites is 1. The van der Waals surface area contributed by atoms with Gasteiger partial charge in [0.15, 0.2) is 5.96 Å². The highest BCUT2D eigenvalue weighted by atomic mass is 16.4. The molecule has 3 aliphatic rings. The Morgan fingerprint density at radius 3 is 2.06 bits per heavy atom. The molecule has 22 heteroatoms. The van der Waals surface area contributed by atoms with Gasteiger partial charge in [-0.25, -0.2) is 4.79 Å². The number of benzene rings is 2. The number of aliphatic imine (C=N–C) groups is 1. The number of H-pyrrole nitrogens is 1. The average Bonchev–Trinajstić information content (AvgIpc) is 3.88. The van der Waals surface area contributed by atoms with Crippen molar-refractivity contribution < 1.29 is 43.5 Å². The number of hydrogen-bond acceptors (Lipinski definition) is 11. The molecule has 3 aromatic rings. The van der Waals surface area contributed by atoms with Crippen molar-refractivity contribution in [3.8, 4) is 0 Å². The summed E-state index contributed by atoms with van der Waals surface area (Å²) in [6.45, 7) is 3.33. The fourth-order valence-corrected chi connectivity index (χ4v) is 8.60. The van der Waals surface area contributed by atoms with E-state index in [0.717, 1.165) is 21.4 Å². The van der Waals surface area contributed by atoms with Gasteiger partial charge in [0.2, 0.25) is 29.5 Å². The molecule has 0 unspecified atom stereocenters. The Bertz CT molecular complexity index is 2500. The van der Waals surface area contributed by atoms with Gasteiger partial charge < -0.3 is 64.5 Å². The van der Waals surface area contributed by atoms with Crippen LogP contribution in [0.4, 0.5) is 4.79 Å². The van der Waals surface area contributed by atoms with Gasteiger partial charge in [-0.05, 0) is 55.4 Å². The van der Waals surface area contributed by atoms with E-state index in [9.17, 15) is 43.5 Å². The van der Waals surface area contributed by atoms with Gasteiger partial charge in [0.1, 0.15) is 30.2 Å². The van der Waals surface area contributed by atoms with Crippen LogP contribution in [0.2, 0.25) is 0 Å². The number of fused-ring (bicyclic) bond motifs is 2. The summed E-state index contributed by atoms with van der Waals surface area (Å²) in [6, 6.07) is 7.30. The quantitative estimate of drug-likeness (QED) is 0.0374. The Kier molecular flexibility index (Phi) is 17.0. The minimum absolute atomic E-state index is 0.0191. The number of carbonyl (C=O) groups is 8. The average molecular weight is 952 g/mol. The second kappa shape index (κ2) is 23.2. The molecule has 3 aliphatic heterocycles. The number of amides is 8. The Hall–Kier alpha value is -7.91. The molecule has 4 heterocycles. The highest BCUT2D eigenvalue weighted by molar-refractivity contribution is 6.03. The zero-order chi connectivity index (χ0) is 49.8. The number of nitrogens with two attached hydrogens (primary N) is 3. The summed E-state index contributed by atoms with van der Waals surface area (Å²) >= 11 is 0. The molecule has 1 aromatic heterocycles. The van der Waals surface area contributed by atoms with Crippen molar-refractivity contribution >= 4 is 64.3 Å². The molecular weight excluding hydrogens is 891 g/mol. The number of carboxylic acid groups (broad SMARTS) is 1. The summed E-state index contributed by atoms with van der Waals surface area (Å²) in [5, 5.41) is 30.0. The molecular formula is C47H61N13O9.